The van der Waals surface area contributed by atoms with Crippen molar-refractivity contribution in [2.24, 2.45) is 0 Å². The highest BCUT2D eigenvalue weighted by molar-refractivity contribution is 9.13. The first-order valence-electron chi connectivity index (χ1n) is 3.97. The summed E-state index contributed by atoms with van der Waals surface area (Å²) in [7, 11) is 2.57. The summed E-state index contributed by atoms with van der Waals surface area (Å²) in [5.41, 5.74) is 0. The molecule has 1 aliphatic rings. The fourth-order valence-corrected chi connectivity index (χ4v) is 2.86. The SMILES string of the molecule is COC(=O)[C@@]1(Br)CC[C@]1(Br)C(=O)OC. The van der Waals surface area contributed by atoms with Gasteiger partial charge in [-0.1, -0.05) is 31.9 Å². The van der Waals surface area contributed by atoms with Crippen molar-refractivity contribution < 1.29 is 19.1 Å². The lowest BCUT2D eigenvalue weighted by atomic mass is 9.73. The number of hydrogen-bond donors (Lipinski definition) is 0. The average Bonchev–Trinajstić information content (AvgIpc) is 2.22. The van der Waals surface area contributed by atoms with Gasteiger partial charge in [-0.05, 0) is 12.8 Å². The van der Waals surface area contributed by atoms with Crippen molar-refractivity contribution in [1.29, 1.82) is 0 Å². The molecule has 80 valence electrons. The summed E-state index contributed by atoms with van der Waals surface area (Å²) in [5, 5.41) is 0. The molecular weight excluding hydrogens is 320 g/mol. The van der Waals surface area contributed by atoms with E-state index in [1.165, 1.54) is 14.2 Å². The minimum atomic E-state index is -0.998. The van der Waals surface area contributed by atoms with E-state index in [0.29, 0.717) is 12.8 Å². The Morgan fingerprint density at radius 3 is 1.43 bits per heavy atom. The summed E-state index contributed by atoms with van der Waals surface area (Å²) >= 11 is 6.47. The molecule has 0 N–H and O–H groups in total. The first-order valence-corrected chi connectivity index (χ1v) is 5.55. The largest absolute Gasteiger partial charge is 0.468 e. The molecule has 1 fully saturated rings. The van der Waals surface area contributed by atoms with Crippen molar-refractivity contribution in [2.75, 3.05) is 14.2 Å². The zero-order valence-electron chi connectivity index (χ0n) is 7.80. The van der Waals surface area contributed by atoms with Crippen LogP contribution in [-0.2, 0) is 19.1 Å². The zero-order valence-corrected chi connectivity index (χ0v) is 11.0. The Balaban J connectivity index is 2.93. The molecule has 0 spiro atoms. The fraction of sp³-hybridized carbons (Fsp3) is 0.750. The van der Waals surface area contributed by atoms with Gasteiger partial charge in [0.25, 0.3) is 0 Å². The van der Waals surface area contributed by atoms with Gasteiger partial charge in [0.1, 0.15) is 8.65 Å². The normalized spacial score (nSPS) is 35.7. The number of ether oxygens (including phenoxy) is 2. The third-order valence-electron chi connectivity index (χ3n) is 2.46. The molecule has 0 bridgehead atoms. The minimum absolute atomic E-state index is 0.467. The van der Waals surface area contributed by atoms with Crippen LogP contribution in [0.2, 0.25) is 0 Å². The van der Waals surface area contributed by atoms with Crippen molar-refractivity contribution in [2.45, 2.75) is 21.5 Å². The van der Waals surface area contributed by atoms with Gasteiger partial charge < -0.3 is 9.47 Å². The molecule has 0 unspecified atom stereocenters. The molecular formula is C8H10Br2O4. The van der Waals surface area contributed by atoms with Gasteiger partial charge in [-0.25, -0.2) is 0 Å². The summed E-state index contributed by atoms with van der Waals surface area (Å²) in [4.78, 5) is 22.9. The second-order valence-electron chi connectivity index (χ2n) is 3.09. The first-order chi connectivity index (χ1) is 6.42. The van der Waals surface area contributed by atoms with Crippen molar-refractivity contribution in [1.82, 2.24) is 0 Å². The van der Waals surface area contributed by atoms with Crippen molar-refractivity contribution in [3.8, 4) is 0 Å². The molecule has 1 aliphatic carbocycles. The Hall–Kier alpha value is -0.100. The molecule has 14 heavy (non-hydrogen) atoms. The van der Waals surface area contributed by atoms with Gasteiger partial charge in [0.05, 0.1) is 14.2 Å². The van der Waals surface area contributed by atoms with Crippen LogP contribution in [0.4, 0.5) is 0 Å². The average molecular weight is 330 g/mol. The number of carbonyl (C=O) groups is 2. The number of carbonyl (C=O) groups excluding carboxylic acids is 2. The lowest BCUT2D eigenvalue weighted by molar-refractivity contribution is -0.157. The van der Waals surface area contributed by atoms with Crippen LogP contribution in [-0.4, -0.2) is 34.8 Å². The Bertz CT molecular complexity index is 253. The number of esters is 2. The smallest absolute Gasteiger partial charge is 0.324 e. The molecule has 2 atom stereocenters. The number of halogens is 2. The van der Waals surface area contributed by atoms with Crippen molar-refractivity contribution in [3.63, 3.8) is 0 Å². The molecule has 0 amide bonds. The summed E-state index contributed by atoms with van der Waals surface area (Å²) in [6.45, 7) is 0. The highest BCUT2D eigenvalue weighted by atomic mass is 79.9. The van der Waals surface area contributed by atoms with E-state index in [-0.39, 0.29) is 0 Å². The van der Waals surface area contributed by atoms with E-state index >= 15 is 0 Å². The molecule has 0 radical (unpaired) electrons. The Kier molecular flexibility index (Phi) is 3.26. The van der Waals surface area contributed by atoms with Crippen molar-refractivity contribution in [3.05, 3.63) is 0 Å². The predicted octanol–water partition coefficient (Wildman–Crippen LogP) is 1.39. The molecule has 1 saturated carbocycles. The topological polar surface area (TPSA) is 52.6 Å². The number of alkyl halides is 2. The van der Waals surface area contributed by atoms with Gasteiger partial charge in [0.2, 0.25) is 0 Å². The summed E-state index contributed by atoms with van der Waals surface area (Å²) in [5.74, 6) is -0.933. The van der Waals surface area contributed by atoms with Crippen LogP contribution in [0, 0.1) is 0 Å². The molecule has 4 nitrogen and oxygen atoms in total. The summed E-state index contributed by atoms with van der Waals surface area (Å²) in [6.07, 6.45) is 1.08. The Morgan fingerprint density at radius 2 is 1.29 bits per heavy atom. The fourth-order valence-electron chi connectivity index (χ4n) is 1.42. The Labute approximate surface area is 98.6 Å². The Morgan fingerprint density at radius 1 is 1.00 bits per heavy atom. The highest BCUT2D eigenvalue weighted by Gasteiger charge is 2.67. The lowest BCUT2D eigenvalue weighted by Gasteiger charge is -2.47. The quantitative estimate of drug-likeness (QED) is 0.567. The maximum Gasteiger partial charge on any atom is 0.324 e. The first kappa shape index (κ1) is 12.0. The van der Waals surface area contributed by atoms with Gasteiger partial charge in [0, 0.05) is 0 Å². The second-order valence-corrected chi connectivity index (χ2v) is 5.79. The third kappa shape index (κ3) is 1.39. The van der Waals surface area contributed by atoms with Gasteiger partial charge in [0.15, 0.2) is 0 Å². The van der Waals surface area contributed by atoms with E-state index in [1.807, 2.05) is 0 Å². The van der Waals surface area contributed by atoms with Gasteiger partial charge in [-0.15, -0.1) is 0 Å². The van der Waals surface area contributed by atoms with E-state index in [1.54, 1.807) is 0 Å². The molecule has 0 aromatic carbocycles. The molecule has 0 aromatic heterocycles. The summed E-state index contributed by atoms with van der Waals surface area (Å²) < 4.78 is 7.25. The maximum absolute atomic E-state index is 11.4. The van der Waals surface area contributed by atoms with E-state index in [0.717, 1.165) is 0 Å². The summed E-state index contributed by atoms with van der Waals surface area (Å²) in [6, 6.07) is 0. The van der Waals surface area contributed by atoms with E-state index in [9.17, 15) is 9.59 Å². The standard InChI is InChI=1S/C8H10Br2O4/c1-13-5(11)7(9)3-4-8(7,10)6(12)14-2/h3-4H2,1-2H3/t7-,8-/m0/s1. The third-order valence-corrected chi connectivity index (χ3v) is 5.79. The predicted molar refractivity (Wildman–Crippen MR) is 56.6 cm³/mol. The van der Waals surface area contributed by atoms with E-state index in [4.69, 9.17) is 0 Å². The lowest BCUT2D eigenvalue weighted by Crippen LogP contribution is -2.64. The molecule has 0 aromatic rings. The van der Waals surface area contributed by atoms with Crippen LogP contribution in [0.1, 0.15) is 12.8 Å². The second kappa shape index (κ2) is 3.81. The monoisotopic (exact) mass is 328 g/mol. The van der Waals surface area contributed by atoms with Crippen LogP contribution >= 0.6 is 31.9 Å². The van der Waals surface area contributed by atoms with Crippen LogP contribution in [0.5, 0.6) is 0 Å². The zero-order chi connectivity index (χ0) is 11.0. The molecule has 1 rings (SSSR count). The number of methoxy groups -OCH3 is 2. The number of hydrogen-bond acceptors (Lipinski definition) is 4. The molecule has 0 aliphatic heterocycles. The van der Waals surface area contributed by atoms with Gasteiger partial charge in [-0.3, -0.25) is 9.59 Å². The minimum Gasteiger partial charge on any atom is -0.468 e. The number of rotatable bonds is 2. The molecule has 0 saturated heterocycles. The van der Waals surface area contributed by atoms with E-state index in [2.05, 4.69) is 41.3 Å². The molecule has 0 heterocycles. The van der Waals surface area contributed by atoms with Gasteiger partial charge >= 0.3 is 11.9 Å². The van der Waals surface area contributed by atoms with Gasteiger partial charge in [-0.2, -0.15) is 0 Å². The van der Waals surface area contributed by atoms with Crippen LogP contribution in [0.15, 0.2) is 0 Å². The van der Waals surface area contributed by atoms with Crippen LogP contribution in [0.3, 0.4) is 0 Å². The van der Waals surface area contributed by atoms with Crippen LogP contribution in [0.25, 0.3) is 0 Å². The van der Waals surface area contributed by atoms with E-state index < -0.39 is 20.6 Å². The van der Waals surface area contributed by atoms with Crippen LogP contribution < -0.4 is 0 Å². The molecule has 6 heteroatoms. The van der Waals surface area contributed by atoms with Crippen molar-refractivity contribution >= 4 is 43.8 Å². The maximum atomic E-state index is 11.4. The highest BCUT2D eigenvalue weighted by Crippen LogP contribution is 2.55.